The Morgan fingerprint density at radius 2 is 1.80 bits per heavy atom. The van der Waals surface area contributed by atoms with Crippen molar-refractivity contribution >= 4 is 15.9 Å². The molecule has 0 rings (SSSR count). The quantitative estimate of drug-likeness (QED) is 0.716. The Bertz CT molecular complexity index is 304. The Hall–Kier alpha value is -0.620. The molecule has 0 aliphatic heterocycles. The summed E-state index contributed by atoms with van der Waals surface area (Å²) in [6.45, 7) is 7.90. The van der Waals surface area contributed by atoms with Gasteiger partial charge in [0.05, 0.1) is 5.75 Å². The van der Waals surface area contributed by atoms with Gasteiger partial charge in [-0.1, -0.05) is 0 Å². The van der Waals surface area contributed by atoms with Crippen molar-refractivity contribution in [2.45, 2.75) is 39.7 Å². The van der Waals surface area contributed by atoms with Crippen LogP contribution in [-0.2, 0) is 14.8 Å². The van der Waals surface area contributed by atoms with Gasteiger partial charge in [0, 0.05) is 18.5 Å². The van der Waals surface area contributed by atoms with Crippen LogP contribution in [-0.4, -0.2) is 32.2 Å². The molecule has 0 saturated carbocycles. The maximum absolute atomic E-state index is 11.2. The van der Waals surface area contributed by atoms with Crippen LogP contribution in [0.2, 0.25) is 0 Å². The molecule has 0 spiro atoms. The van der Waals surface area contributed by atoms with E-state index in [2.05, 4.69) is 5.32 Å². The molecule has 0 aliphatic rings. The van der Waals surface area contributed by atoms with Gasteiger partial charge in [0.25, 0.3) is 0 Å². The summed E-state index contributed by atoms with van der Waals surface area (Å²) in [5.74, 6) is -0.542. The van der Waals surface area contributed by atoms with Crippen LogP contribution in [0, 0.1) is 0 Å². The number of sulfonamides is 1. The summed E-state index contributed by atoms with van der Waals surface area (Å²) in [4.78, 5) is 11.2. The lowest BCUT2D eigenvalue weighted by Crippen LogP contribution is -2.39. The first-order valence-electron chi connectivity index (χ1n) is 4.94. The van der Waals surface area contributed by atoms with Crippen molar-refractivity contribution < 1.29 is 13.2 Å². The highest BCUT2D eigenvalue weighted by molar-refractivity contribution is 7.90. The largest absolute Gasteiger partial charge is 0.312 e. The molecular weight excluding hydrogens is 216 g/mol. The topological polar surface area (TPSA) is 75.3 Å². The van der Waals surface area contributed by atoms with Gasteiger partial charge in [0.1, 0.15) is 0 Å². The minimum absolute atomic E-state index is 0.0656. The lowest BCUT2D eigenvalue weighted by Gasteiger charge is -2.20. The zero-order valence-corrected chi connectivity index (χ0v) is 10.6. The van der Waals surface area contributed by atoms with Crippen molar-refractivity contribution in [3.63, 3.8) is 0 Å². The molecule has 0 aromatic rings. The maximum atomic E-state index is 11.2. The van der Waals surface area contributed by atoms with Gasteiger partial charge in [-0.3, -0.25) is 9.52 Å². The molecule has 15 heavy (non-hydrogen) atoms. The summed E-state index contributed by atoms with van der Waals surface area (Å²) < 4.78 is 24.0. The molecule has 0 bridgehead atoms. The van der Waals surface area contributed by atoms with Crippen molar-refractivity contribution in [3.8, 4) is 0 Å². The Labute approximate surface area is 91.7 Å². The van der Waals surface area contributed by atoms with E-state index < -0.39 is 15.9 Å². The van der Waals surface area contributed by atoms with Gasteiger partial charge in [0.15, 0.2) is 0 Å². The van der Waals surface area contributed by atoms with Crippen LogP contribution in [0.5, 0.6) is 0 Å². The minimum Gasteiger partial charge on any atom is -0.312 e. The third-order valence-electron chi connectivity index (χ3n) is 1.66. The van der Waals surface area contributed by atoms with Crippen LogP contribution in [0.4, 0.5) is 0 Å². The van der Waals surface area contributed by atoms with E-state index in [-0.39, 0.29) is 17.7 Å². The molecule has 0 fully saturated rings. The molecule has 6 heteroatoms. The fraction of sp³-hybridized carbons (Fsp3) is 0.889. The third-order valence-corrected chi connectivity index (χ3v) is 2.96. The van der Waals surface area contributed by atoms with E-state index >= 15 is 0 Å². The highest BCUT2D eigenvalue weighted by Crippen LogP contribution is 1.98. The first-order chi connectivity index (χ1) is 6.66. The predicted molar refractivity (Wildman–Crippen MR) is 60.0 cm³/mol. The van der Waals surface area contributed by atoms with Crippen LogP contribution in [0.1, 0.15) is 34.1 Å². The number of hydrogen-bond acceptors (Lipinski definition) is 4. The SMILES string of the molecule is CCS(=O)(=O)NC(=O)CCNC(C)(C)C. The van der Waals surface area contributed by atoms with Crippen LogP contribution < -0.4 is 10.0 Å². The first-order valence-corrected chi connectivity index (χ1v) is 6.60. The van der Waals surface area contributed by atoms with Crippen LogP contribution >= 0.6 is 0 Å². The second-order valence-electron chi connectivity index (χ2n) is 4.36. The maximum Gasteiger partial charge on any atom is 0.234 e. The van der Waals surface area contributed by atoms with E-state index in [0.717, 1.165) is 0 Å². The molecule has 0 heterocycles. The van der Waals surface area contributed by atoms with Crippen molar-refractivity contribution in [3.05, 3.63) is 0 Å². The third kappa shape index (κ3) is 8.38. The Balaban J connectivity index is 3.88. The highest BCUT2D eigenvalue weighted by atomic mass is 32.2. The van der Waals surface area contributed by atoms with Crippen molar-refractivity contribution in [1.82, 2.24) is 10.0 Å². The molecule has 90 valence electrons. The van der Waals surface area contributed by atoms with E-state index in [1.807, 2.05) is 25.5 Å². The van der Waals surface area contributed by atoms with Crippen LogP contribution in [0.25, 0.3) is 0 Å². The molecule has 1 amide bonds. The van der Waals surface area contributed by atoms with E-state index in [9.17, 15) is 13.2 Å². The number of amides is 1. The predicted octanol–water partition coefficient (Wildman–Crippen LogP) is 0.231. The fourth-order valence-corrected chi connectivity index (χ4v) is 1.44. The number of carbonyl (C=O) groups is 1. The van der Waals surface area contributed by atoms with E-state index in [0.29, 0.717) is 6.54 Å². The zero-order chi connectivity index (χ0) is 12.1. The Kier molecular flexibility index (Phi) is 5.23. The molecule has 2 N–H and O–H groups in total. The first kappa shape index (κ1) is 14.4. The van der Waals surface area contributed by atoms with Crippen molar-refractivity contribution in [1.29, 1.82) is 0 Å². The molecule has 0 atom stereocenters. The van der Waals surface area contributed by atoms with Gasteiger partial charge in [-0.2, -0.15) is 0 Å². The monoisotopic (exact) mass is 236 g/mol. The molecule has 0 unspecified atom stereocenters. The summed E-state index contributed by atoms with van der Waals surface area (Å²) in [7, 11) is -3.41. The fourth-order valence-electron chi connectivity index (χ4n) is 0.848. The summed E-state index contributed by atoms with van der Waals surface area (Å²) in [6, 6.07) is 0. The lowest BCUT2D eigenvalue weighted by molar-refractivity contribution is -0.119. The molecule has 0 radical (unpaired) electrons. The van der Waals surface area contributed by atoms with E-state index in [1.165, 1.54) is 6.92 Å². The van der Waals surface area contributed by atoms with Gasteiger partial charge in [0.2, 0.25) is 15.9 Å². The summed E-state index contributed by atoms with van der Waals surface area (Å²) in [5.41, 5.74) is -0.0656. The number of rotatable bonds is 5. The molecule has 0 aliphatic carbocycles. The summed E-state index contributed by atoms with van der Waals surface area (Å²) in [5, 5.41) is 3.10. The lowest BCUT2D eigenvalue weighted by atomic mass is 10.1. The van der Waals surface area contributed by atoms with Crippen LogP contribution in [0.15, 0.2) is 0 Å². The van der Waals surface area contributed by atoms with Gasteiger partial charge in [-0.25, -0.2) is 8.42 Å². The van der Waals surface area contributed by atoms with Gasteiger partial charge in [-0.05, 0) is 27.7 Å². The van der Waals surface area contributed by atoms with Gasteiger partial charge in [-0.15, -0.1) is 0 Å². The molecule has 0 aromatic carbocycles. The van der Waals surface area contributed by atoms with Crippen LogP contribution in [0.3, 0.4) is 0 Å². The number of hydrogen-bond donors (Lipinski definition) is 2. The summed E-state index contributed by atoms with van der Waals surface area (Å²) in [6.07, 6.45) is 0.163. The van der Waals surface area contributed by atoms with Crippen molar-refractivity contribution in [2.24, 2.45) is 0 Å². The molecule has 0 aromatic heterocycles. The Morgan fingerprint density at radius 1 is 1.27 bits per heavy atom. The molecule has 0 saturated heterocycles. The zero-order valence-electron chi connectivity index (χ0n) is 9.75. The standard InChI is InChI=1S/C9H20N2O3S/c1-5-15(13,14)11-8(12)6-7-10-9(2,3)4/h10H,5-7H2,1-4H3,(H,11,12). The average Bonchev–Trinajstić information content (AvgIpc) is 2.00. The van der Waals surface area contributed by atoms with Crippen molar-refractivity contribution in [2.75, 3.05) is 12.3 Å². The summed E-state index contributed by atoms with van der Waals surface area (Å²) >= 11 is 0. The normalized spacial score (nSPS) is 12.5. The smallest absolute Gasteiger partial charge is 0.234 e. The minimum atomic E-state index is -3.41. The van der Waals surface area contributed by atoms with E-state index in [4.69, 9.17) is 0 Å². The van der Waals surface area contributed by atoms with E-state index in [1.54, 1.807) is 0 Å². The molecule has 5 nitrogen and oxygen atoms in total. The van der Waals surface area contributed by atoms with Gasteiger partial charge < -0.3 is 5.32 Å². The second-order valence-corrected chi connectivity index (χ2v) is 6.37. The Morgan fingerprint density at radius 3 is 2.20 bits per heavy atom. The second kappa shape index (κ2) is 5.46. The highest BCUT2D eigenvalue weighted by Gasteiger charge is 2.13. The number of nitrogens with one attached hydrogen (secondary N) is 2. The molecular formula is C9H20N2O3S. The van der Waals surface area contributed by atoms with Gasteiger partial charge >= 0.3 is 0 Å². The number of carbonyl (C=O) groups excluding carboxylic acids is 1. The average molecular weight is 236 g/mol.